The summed E-state index contributed by atoms with van der Waals surface area (Å²) in [6.45, 7) is 0. The average Bonchev–Trinajstić information content (AvgIpc) is 3.16. The predicted octanol–water partition coefficient (Wildman–Crippen LogP) is 6.18. The van der Waals surface area contributed by atoms with E-state index in [1.54, 1.807) is 18.4 Å². The van der Waals surface area contributed by atoms with Crippen LogP contribution in [0.2, 0.25) is 0 Å². The number of ether oxygens (including phenoxy) is 1. The second kappa shape index (κ2) is 7.64. The number of hydrogen-bond acceptors (Lipinski definition) is 4. The van der Waals surface area contributed by atoms with Crippen molar-refractivity contribution in [3.63, 3.8) is 0 Å². The van der Waals surface area contributed by atoms with E-state index in [4.69, 9.17) is 9.72 Å². The Balaban J connectivity index is 1.53. The van der Waals surface area contributed by atoms with Gasteiger partial charge in [0.1, 0.15) is 10.8 Å². The lowest BCUT2D eigenvalue weighted by atomic mass is 10.1. The van der Waals surface area contributed by atoms with Gasteiger partial charge in [0.25, 0.3) is 0 Å². The SMILES string of the molecule is CNc1ccc(/C=C/c2ccc(-c3nc4cc(OC)ccc4s3)cc2)cc1. The van der Waals surface area contributed by atoms with Crippen LogP contribution in [0, 0.1) is 0 Å². The van der Waals surface area contributed by atoms with Gasteiger partial charge in [-0.3, -0.25) is 0 Å². The number of thiazole rings is 1. The molecule has 0 saturated heterocycles. The molecule has 3 nitrogen and oxygen atoms in total. The Bertz CT molecular complexity index is 1080. The molecule has 134 valence electrons. The molecule has 0 amide bonds. The van der Waals surface area contributed by atoms with Crippen LogP contribution in [0.3, 0.4) is 0 Å². The van der Waals surface area contributed by atoms with Crippen LogP contribution in [0.5, 0.6) is 5.75 Å². The van der Waals surface area contributed by atoms with Gasteiger partial charge in [-0.15, -0.1) is 11.3 Å². The van der Waals surface area contributed by atoms with Crippen molar-refractivity contribution >= 4 is 39.4 Å². The van der Waals surface area contributed by atoms with E-state index in [-0.39, 0.29) is 0 Å². The summed E-state index contributed by atoms with van der Waals surface area (Å²) in [6, 6.07) is 22.9. The standard InChI is InChI=1S/C23H20N2OS/c1-24-19-11-7-17(8-12-19)4-3-16-5-9-18(10-6-16)23-25-21-15-20(26-2)13-14-22(21)27-23/h3-15,24H,1-2H3/b4-3+. The average molecular weight is 372 g/mol. The zero-order chi connectivity index (χ0) is 18.6. The van der Waals surface area contributed by atoms with Gasteiger partial charge in [0.2, 0.25) is 0 Å². The molecule has 0 fully saturated rings. The van der Waals surface area contributed by atoms with E-state index < -0.39 is 0 Å². The molecule has 4 aromatic rings. The van der Waals surface area contributed by atoms with Gasteiger partial charge in [-0.25, -0.2) is 4.98 Å². The largest absolute Gasteiger partial charge is 0.497 e. The molecule has 27 heavy (non-hydrogen) atoms. The highest BCUT2D eigenvalue weighted by Gasteiger charge is 2.07. The highest BCUT2D eigenvalue weighted by atomic mass is 32.1. The van der Waals surface area contributed by atoms with E-state index in [9.17, 15) is 0 Å². The van der Waals surface area contributed by atoms with Gasteiger partial charge >= 0.3 is 0 Å². The molecule has 1 N–H and O–H groups in total. The molecule has 0 saturated carbocycles. The summed E-state index contributed by atoms with van der Waals surface area (Å²) >= 11 is 1.70. The molecular weight excluding hydrogens is 352 g/mol. The smallest absolute Gasteiger partial charge is 0.124 e. The lowest BCUT2D eigenvalue weighted by molar-refractivity contribution is 0.415. The molecule has 1 aromatic heterocycles. The number of hydrogen-bond donors (Lipinski definition) is 1. The van der Waals surface area contributed by atoms with Crippen molar-refractivity contribution in [2.75, 3.05) is 19.5 Å². The summed E-state index contributed by atoms with van der Waals surface area (Å²) in [4.78, 5) is 4.75. The first kappa shape index (κ1) is 17.3. The fourth-order valence-corrected chi connectivity index (χ4v) is 3.80. The maximum absolute atomic E-state index is 5.28. The Labute approximate surface area is 163 Å². The fourth-order valence-electron chi connectivity index (χ4n) is 2.85. The quantitative estimate of drug-likeness (QED) is 0.425. The second-order valence-electron chi connectivity index (χ2n) is 6.18. The van der Waals surface area contributed by atoms with Crippen LogP contribution < -0.4 is 10.1 Å². The minimum Gasteiger partial charge on any atom is -0.497 e. The number of rotatable bonds is 5. The van der Waals surface area contributed by atoms with Crippen LogP contribution in [0.25, 0.3) is 32.9 Å². The molecule has 0 unspecified atom stereocenters. The highest BCUT2D eigenvalue weighted by molar-refractivity contribution is 7.21. The van der Waals surface area contributed by atoms with Crippen LogP contribution in [0.1, 0.15) is 11.1 Å². The highest BCUT2D eigenvalue weighted by Crippen LogP contribution is 2.32. The molecule has 3 aromatic carbocycles. The van der Waals surface area contributed by atoms with Crippen molar-refractivity contribution in [3.05, 3.63) is 77.9 Å². The molecule has 4 rings (SSSR count). The third kappa shape index (κ3) is 3.86. The molecule has 0 aliphatic carbocycles. The topological polar surface area (TPSA) is 34.2 Å². The summed E-state index contributed by atoms with van der Waals surface area (Å²) in [7, 11) is 3.60. The molecule has 4 heteroatoms. The first-order valence-electron chi connectivity index (χ1n) is 8.76. The van der Waals surface area contributed by atoms with Gasteiger partial charge in [0.15, 0.2) is 0 Å². The van der Waals surface area contributed by atoms with E-state index >= 15 is 0 Å². The molecule has 0 aliphatic heterocycles. The lowest BCUT2D eigenvalue weighted by Crippen LogP contribution is -1.86. The van der Waals surface area contributed by atoms with Crippen molar-refractivity contribution in [2.24, 2.45) is 0 Å². The second-order valence-corrected chi connectivity index (χ2v) is 7.21. The number of nitrogens with one attached hydrogen (secondary N) is 1. The van der Waals surface area contributed by atoms with Gasteiger partial charge < -0.3 is 10.1 Å². The van der Waals surface area contributed by atoms with Crippen LogP contribution in [-0.4, -0.2) is 19.1 Å². The molecular formula is C23H20N2OS. The first-order chi connectivity index (χ1) is 13.2. The van der Waals surface area contributed by atoms with Crippen molar-refractivity contribution in [1.29, 1.82) is 0 Å². The van der Waals surface area contributed by atoms with Crippen LogP contribution in [0.4, 0.5) is 5.69 Å². The van der Waals surface area contributed by atoms with Gasteiger partial charge in [0.05, 0.1) is 17.3 Å². The van der Waals surface area contributed by atoms with Crippen LogP contribution in [0.15, 0.2) is 66.7 Å². The number of methoxy groups -OCH3 is 1. The maximum Gasteiger partial charge on any atom is 0.124 e. The molecule has 0 spiro atoms. The Kier molecular flexibility index (Phi) is 4.90. The molecule has 1 heterocycles. The maximum atomic E-state index is 5.28. The van der Waals surface area contributed by atoms with E-state index in [1.165, 1.54) is 15.8 Å². The van der Waals surface area contributed by atoms with Crippen LogP contribution >= 0.6 is 11.3 Å². The van der Waals surface area contributed by atoms with E-state index in [1.807, 2.05) is 19.2 Å². The van der Waals surface area contributed by atoms with Gasteiger partial charge in [-0.05, 0) is 35.4 Å². The Morgan fingerprint density at radius 3 is 2.19 bits per heavy atom. The number of aromatic nitrogens is 1. The van der Waals surface area contributed by atoms with Gasteiger partial charge in [0, 0.05) is 24.4 Å². The summed E-state index contributed by atoms with van der Waals surface area (Å²) in [5, 5.41) is 4.15. The zero-order valence-electron chi connectivity index (χ0n) is 15.3. The summed E-state index contributed by atoms with van der Waals surface area (Å²) in [5.41, 5.74) is 5.57. The fraction of sp³-hybridized carbons (Fsp3) is 0.0870. The minimum atomic E-state index is 0.836. The van der Waals surface area contributed by atoms with Gasteiger partial charge in [-0.2, -0.15) is 0 Å². The molecule has 0 radical (unpaired) electrons. The van der Waals surface area contributed by atoms with E-state index in [0.29, 0.717) is 0 Å². The predicted molar refractivity (Wildman–Crippen MR) is 117 cm³/mol. The number of fused-ring (bicyclic) bond motifs is 1. The zero-order valence-corrected chi connectivity index (χ0v) is 16.1. The van der Waals surface area contributed by atoms with E-state index in [2.05, 4.69) is 72.1 Å². The molecule has 0 bridgehead atoms. The Morgan fingerprint density at radius 2 is 1.56 bits per heavy atom. The number of anilines is 1. The van der Waals surface area contributed by atoms with E-state index in [0.717, 1.165) is 27.5 Å². The Morgan fingerprint density at radius 1 is 0.889 bits per heavy atom. The summed E-state index contributed by atoms with van der Waals surface area (Å²) < 4.78 is 6.45. The minimum absolute atomic E-state index is 0.836. The monoisotopic (exact) mass is 372 g/mol. The normalized spacial score (nSPS) is 11.2. The van der Waals surface area contributed by atoms with Gasteiger partial charge in [-0.1, -0.05) is 48.6 Å². The number of benzene rings is 3. The first-order valence-corrected chi connectivity index (χ1v) is 9.58. The third-order valence-corrected chi connectivity index (χ3v) is 5.51. The Hall–Kier alpha value is -3.11. The van der Waals surface area contributed by atoms with Crippen molar-refractivity contribution in [3.8, 4) is 16.3 Å². The molecule has 0 atom stereocenters. The number of nitrogens with zero attached hydrogens (tertiary/aromatic N) is 1. The summed E-state index contributed by atoms with van der Waals surface area (Å²) in [5.74, 6) is 0.836. The van der Waals surface area contributed by atoms with Crippen molar-refractivity contribution in [2.45, 2.75) is 0 Å². The lowest BCUT2D eigenvalue weighted by Gasteiger charge is -2.00. The third-order valence-electron chi connectivity index (χ3n) is 4.42. The van der Waals surface area contributed by atoms with Crippen molar-refractivity contribution in [1.82, 2.24) is 4.98 Å². The molecule has 0 aliphatic rings. The summed E-state index contributed by atoms with van der Waals surface area (Å²) in [6.07, 6.45) is 4.25. The van der Waals surface area contributed by atoms with Crippen molar-refractivity contribution < 1.29 is 4.74 Å². The van der Waals surface area contributed by atoms with Crippen LogP contribution in [-0.2, 0) is 0 Å².